The molecule has 0 N–H and O–H groups in total. The summed E-state index contributed by atoms with van der Waals surface area (Å²) in [6.45, 7) is 0. The van der Waals surface area contributed by atoms with Gasteiger partial charge in [-0.3, -0.25) is 5.11 Å². The zero-order valence-corrected chi connectivity index (χ0v) is 7.01. The van der Waals surface area contributed by atoms with E-state index in [2.05, 4.69) is 15.9 Å². The largest absolute Gasteiger partial charge is 0.495 e. The minimum absolute atomic E-state index is 0.0562. The number of halogens is 1. The summed E-state index contributed by atoms with van der Waals surface area (Å²) in [6, 6.07) is 4.87. The highest BCUT2D eigenvalue weighted by Crippen LogP contribution is 2.32. The second-order valence-electron chi connectivity index (χ2n) is 1.77. The van der Waals surface area contributed by atoms with Crippen LogP contribution in [0.15, 0.2) is 22.7 Å². The third-order valence-corrected chi connectivity index (χ3v) is 1.93. The fourth-order valence-electron chi connectivity index (χ4n) is 0.648. The lowest BCUT2D eigenvalue weighted by atomic mass is 10.3. The van der Waals surface area contributed by atoms with Gasteiger partial charge >= 0.3 is 0 Å². The predicted molar refractivity (Wildman–Crippen MR) is 40.8 cm³/mol. The smallest absolute Gasteiger partial charge is 0.196 e. The van der Waals surface area contributed by atoms with Crippen LogP contribution in [0, 0.1) is 0 Å². The van der Waals surface area contributed by atoms with E-state index in [0.717, 1.165) is 0 Å². The van der Waals surface area contributed by atoms with Crippen molar-refractivity contribution in [3.8, 4) is 11.5 Å². The van der Waals surface area contributed by atoms with Gasteiger partial charge in [-0.15, -0.1) is 0 Å². The van der Waals surface area contributed by atoms with Crippen LogP contribution in [0.4, 0.5) is 0 Å². The Bertz CT molecular complexity index is 235. The first-order valence-electron chi connectivity index (χ1n) is 2.75. The van der Waals surface area contributed by atoms with Gasteiger partial charge in [-0.2, -0.15) is 0 Å². The highest BCUT2D eigenvalue weighted by molar-refractivity contribution is 9.10. The summed E-state index contributed by atoms with van der Waals surface area (Å²) in [7, 11) is 1.53. The Labute approximate surface area is 67.6 Å². The van der Waals surface area contributed by atoms with Gasteiger partial charge in [0.1, 0.15) is 10.2 Å². The number of hydrogen-bond acceptors (Lipinski definition) is 1. The Morgan fingerprint density at radius 3 is 2.70 bits per heavy atom. The molecule has 0 saturated heterocycles. The molecule has 3 heteroatoms. The van der Waals surface area contributed by atoms with Crippen LogP contribution in [-0.4, -0.2) is 7.11 Å². The maximum absolute atomic E-state index is 10.9. The van der Waals surface area contributed by atoms with E-state index in [1.54, 1.807) is 12.1 Å². The summed E-state index contributed by atoms with van der Waals surface area (Å²) < 4.78 is 5.36. The fraction of sp³-hybridized carbons (Fsp3) is 0.143. The average molecular weight is 202 g/mol. The molecule has 0 aromatic heterocycles. The maximum Gasteiger partial charge on any atom is 0.196 e. The molecule has 0 spiro atoms. The quantitative estimate of drug-likeness (QED) is 0.687. The SMILES string of the molecule is COc1cccc([O])c1Br. The van der Waals surface area contributed by atoms with Crippen LogP contribution in [0.5, 0.6) is 11.5 Å². The summed E-state index contributed by atoms with van der Waals surface area (Å²) in [4.78, 5) is 0. The monoisotopic (exact) mass is 201 g/mol. The van der Waals surface area contributed by atoms with Crippen LogP contribution in [0.3, 0.4) is 0 Å². The Hall–Kier alpha value is -0.700. The summed E-state index contributed by atoms with van der Waals surface area (Å²) >= 11 is 3.10. The molecule has 0 aliphatic rings. The van der Waals surface area contributed by atoms with Crippen molar-refractivity contribution in [2.24, 2.45) is 0 Å². The van der Waals surface area contributed by atoms with Crippen molar-refractivity contribution in [1.29, 1.82) is 0 Å². The number of hydrogen-bond donors (Lipinski definition) is 0. The molecule has 2 nitrogen and oxygen atoms in total. The van der Waals surface area contributed by atoms with Crippen molar-refractivity contribution in [2.45, 2.75) is 0 Å². The van der Waals surface area contributed by atoms with Gasteiger partial charge in [0.15, 0.2) is 5.75 Å². The van der Waals surface area contributed by atoms with E-state index in [0.29, 0.717) is 10.2 Å². The Kier molecular flexibility index (Phi) is 2.17. The van der Waals surface area contributed by atoms with E-state index in [1.165, 1.54) is 13.2 Å². The van der Waals surface area contributed by atoms with E-state index >= 15 is 0 Å². The number of benzene rings is 1. The first-order chi connectivity index (χ1) is 4.75. The first kappa shape index (κ1) is 7.41. The molecular formula is C7H6BrO2. The van der Waals surface area contributed by atoms with Gasteiger partial charge in [-0.05, 0) is 28.1 Å². The fourth-order valence-corrected chi connectivity index (χ4v) is 1.07. The highest BCUT2D eigenvalue weighted by atomic mass is 79.9. The summed E-state index contributed by atoms with van der Waals surface area (Å²) in [5, 5.41) is 10.9. The van der Waals surface area contributed by atoms with Crippen molar-refractivity contribution in [3.63, 3.8) is 0 Å². The van der Waals surface area contributed by atoms with Crippen LogP contribution in [-0.2, 0) is 5.11 Å². The van der Waals surface area contributed by atoms with Crippen molar-refractivity contribution >= 4 is 15.9 Å². The Morgan fingerprint density at radius 1 is 1.50 bits per heavy atom. The normalized spacial score (nSPS) is 9.40. The molecule has 0 unspecified atom stereocenters. The molecule has 0 amide bonds. The molecule has 1 rings (SSSR count). The predicted octanol–water partition coefficient (Wildman–Crippen LogP) is 2.60. The molecule has 0 bridgehead atoms. The zero-order valence-electron chi connectivity index (χ0n) is 5.43. The molecule has 1 aromatic rings. The van der Waals surface area contributed by atoms with Crippen molar-refractivity contribution in [1.82, 2.24) is 0 Å². The number of ether oxygens (including phenoxy) is 1. The summed E-state index contributed by atoms with van der Waals surface area (Å²) in [5.74, 6) is 0.520. The van der Waals surface area contributed by atoms with E-state index in [1.807, 2.05) is 0 Å². The van der Waals surface area contributed by atoms with Gasteiger partial charge in [-0.1, -0.05) is 6.07 Å². The maximum atomic E-state index is 10.9. The molecule has 0 heterocycles. The van der Waals surface area contributed by atoms with Crippen molar-refractivity contribution in [2.75, 3.05) is 7.11 Å². The van der Waals surface area contributed by atoms with Crippen molar-refractivity contribution in [3.05, 3.63) is 22.7 Å². The second-order valence-corrected chi connectivity index (χ2v) is 2.57. The zero-order chi connectivity index (χ0) is 7.56. The summed E-state index contributed by atoms with van der Waals surface area (Å²) in [5.41, 5.74) is 0. The standard InChI is InChI=1S/C7H6BrO2/c1-10-6-4-2-3-5(9)7(6)8/h2-4H,1H3. The van der Waals surface area contributed by atoms with Gasteiger partial charge in [-0.25, -0.2) is 0 Å². The number of methoxy groups -OCH3 is 1. The van der Waals surface area contributed by atoms with Crippen molar-refractivity contribution < 1.29 is 9.84 Å². The van der Waals surface area contributed by atoms with Crippen LogP contribution in [0.2, 0.25) is 0 Å². The van der Waals surface area contributed by atoms with Gasteiger partial charge in [0.2, 0.25) is 0 Å². The first-order valence-corrected chi connectivity index (χ1v) is 3.54. The van der Waals surface area contributed by atoms with Crippen LogP contribution in [0.25, 0.3) is 0 Å². The minimum Gasteiger partial charge on any atom is -0.495 e. The lowest BCUT2D eigenvalue weighted by Gasteiger charge is -2.00. The molecule has 10 heavy (non-hydrogen) atoms. The number of rotatable bonds is 1. The molecular weight excluding hydrogens is 196 g/mol. The second kappa shape index (κ2) is 2.92. The topological polar surface area (TPSA) is 29.1 Å². The Morgan fingerprint density at radius 2 is 2.20 bits per heavy atom. The molecule has 0 aliphatic heterocycles. The lowest BCUT2D eigenvalue weighted by Crippen LogP contribution is -1.82. The van der Waals surface area contributed by atoms with Gasteiger partial charge in [0.25, 0.3) is 0 Å². The molecule has 53 valence electrons. The van der Waals surface area contributed by atoms with Gasteiger partial charge in [0, 0.05) is 0 Å². The molecule has 0 saturated carbocycles. The lowest BCUT2D eigenvalue weighted by molar-refractivity contribution is 0.344. The van der Waals surface area contributed by atoms with E-state index < -0.39 is 0 Å². The third kappa shape index (κ3) is 1.24. The highest BCUT2D eigenvalue weighted by Gasteiger charge is 2.04. The van der Waals surface area contributed by atoms with E-state index in [-0.39, 0.29) is 5.75 Å². The van der Waals surface area contributed by atoms with Gasteiger partial charge in [0.05, 0.1) is 7.11 Å². The van der Waals surface area contributed by atoms with Crippen LogP contribution < -0.4 is 4.74 Å². The molecule has 0 atom stereocenters. The third-order valence-electron chi connectivity index (χ3n) is 1.15. The van der Waals surface area contributed by atoms with E-state index in [9.17, 15) is 5.11 Å². The minimum atomic E-state index is -0.0562. The molecule has 1 aromatic carbocycles. The molecule has 0 fully saturated rings. The molecule has 0 aliphatic carbocycles. The molecule has 1 radical (unpaired) electrons. The van der Waals surface area contributed by atoms with E-state index in [4.69, 9.17) is 4.74 Å². The summed E-state index contributed by atoms with van der Waals surface area (Å²) in [6.07, 6.45) is 0. The Balaban J connectivity index is 3.14. The van der Waals surface area contributed by atoms with Crippen LogP contribution >= 0.6 is 15.9 Å². The van der Waals surface area contributed by atoms with Gasteiger partial charge < -0.3 is 4.74 Å². The average Bonchev–Trinajstić information content (AvgIpc) is 1.95. The van der Waals surface area contributed by atoms with Crippen LogP contribution in [0.1, 0.15) is 0 Å².